The molecule has 1 aliphatic rings. The minimum Gasteiger partial charge on any atom is -0.382 e. The Kier molecular flexibility index (Phi) is 5.31. The van der Waals surface area contributed by atoms with Gasteiger partial charge < -0.3 is 19.9 Å². The zero-order valence-corrected chi connectivity index (χ0v) is 17.4. The van der Waals surface area contributed by atoms with E-state index < -0.39 is 0 Å². The van der Waals surface area contributed by atoms with Crippen LogP contribution in [0.25, 0.3) is 22.6 Å². The van der Waals surface area contributed by atoms with Gasteiger partial charge in [-0.25, -0.2) is 19.9 Å². The fourth-order valence-electron chi connectivity index (χ4n) is 3.75. The molecule has 4 heterocycles. The highest BCUT2D eigenvalue weighted by Gasteiger charge is 2.28. The van der Waals surface area contributed by atoms with Crippen LogP contribution >= 0.6 is 0 Å². The molecular weight excluding hydrogens is 368 g/mol. The van der Waals surface area contributed by atoms with Gasteiger partial charge in [-0.3, -0.25) is 0 Å². The van der Waals surface area contributed by atoms with Crippen molar-refractivity contribution in [2.24, 2.45) is 0 Å². The van der Waals surface area contributed by atoms with Crippen LogP contribution in [0.4, 0.5) is 11.8 Å². The first-order valence-electron chi connectivity index (χ1n) is 10.2. The smallest absolute Gasteiger partial charge is 0.228 e. The second kappa shape index (κ2) is 7.90. The van der Waals surface area contributed by atoms with E-state index >= 15 is 0 Å². The summed E-state index contributed by atoms with van der Waals surface area (Å²) in [6.45, 7) is 10.0. The van der Waals surface area contributed by atoms with Crippen LogP contribution in [0.5, 0.6) is 0 Å². The number of ether oxygens (including phenoxy) is 1. The first kappa shape index (κ1) is 19.5. The topological polar surface area (TPSA) is 108 Å². The van der Waals surface area contributed by atoms with Crippen molar-refractivity contribution in [1.82, 2.24) is 29.5 Å². The van der Waals surface area contributed by atoms with Crippen molar-refractivity contribution >= 4 is 22.9 Å². The Balaban J connectivity index is 1.83. The highest BCUT2D eigenvalue weighted by molar-refractivity contribution is 5.87. The molecule has 154 valence electrons. The van der Waals surface area contributed by atoms with Crippen molar-refractivity contribution in [2.75, 3.05) is 23.7 Å². The molecular formula is C20H28N8O. The number of rotatable bonds is 5. The van der Waals surface area contributed by atoms with Crippen molar-refractivity contribution in [1.29, 1.82) is 0 Å². The normalized spacial score (nSPS) is 20.0. The largest absolute Gasteiger partial charge is 0.382 e. The van der Waals surface area contributed by atoms with E-state index in [4.69, 9.17) is 20.4 Å². The van der Waals surface area contributed by atoms with Gasteiger partial charge in [0, 0.05) is 19.1 Å². The predicted octanol–water partition coefficient (Wildman–Crippen LogP) is 2.84. The summed E-state index contributed by atoms with van der Waals surface area (Å²) in [5.41, 5.74) is 8.53. The Bertz CT molecular complexity index is 984. The van der Waals surface area contributed by atoms with E-state index in [1.165, 1.54) is 6.20 Å². The molecule has 0 radical (unpaired) electrons. The highest BCUT2D eigenvalue weighted by Crippen LogP contribution is 2.29. The van der Waals surface area contributed by atoms with Gasteiger partial charge in [0.05, 0.1) is 30.9 Å². The Hall–Kier alpha value is -2.81. The number of nitrogens with two attached hydrogens (primary N) is 1. The Morgan fingerprint density at radius 1 is 1.17 bits per heavy atom. The van der Waals surface area contributed by atoms with E-state index in [1.54, 1.807) is 6.20 Å². The van der Waals surface area contributed by atoms with Crippen LogP contribution in [-0.2, 0) is 4.74 Å². The molecule has 3 aromatic heterocycles. The minimum atomic E-state index is 0.120. The third kappa shape index (κ3) is 3.87. The van der Waals surface area contributed by atoms with Crippen LogP contribution in [0.15, 0.2) is 18.7 Å². The van der Waals surface area contributed by atoms with Crippen LogP contribution in [0, 0.1) is 0 Å². The van der Waals surface area contributed by atoms with Crippen LogP contribution in [0.2, 0.25) is 0 Å². The minimum absolute atomic E-state index is 0.120. The molecule has 0 aliphatic carbocycles. The number of aromatic nitrogens is 6. The molecule has 1 fully saturated rings. The highest BCUT2D eigenvalue weighted by atomic mass is 16.5. The number of imidazole rings is 1. The molecule has 9 heteroatoms. The molecule has 9 nitrogen and oxygen atoms in total. The van der Waals surface area contributed by atoms with Crippen molar-refractivity contribution in [3.63, 3.8) is 0 Å². The summed E-state index contributed by atoms with van der Waals surface area (Å²) < 4.78 is 8.15. The maximum atomic E-state index is 6.09. The number of anilines is 2. The monoisotopic (exact) mass is 396 g/mol. The lowest BCUT2D eigenvalue weighted by molar-refractivity contribution is -0.0204. The lowest BCUT2D eigenvalue weighted by Gasteiger charge is -2.37. The van der Waals surface area contributed by atoms with Crippen molar-refractivity contribution in [2.45, 2.75) is 58.8 Å². The van der Waals surface area contributed by atoms with Gasteiger partial charge in [0.1, 0.15) is 22.7 Å². The summed E-state index contributed by atoms with van der Waals surface area (Å²) in [7, 11) is 0. The number of hydrogen-bond acceptors (Lipinski definition) is 8. The van der Waals surface area contributed by atoms with Crippen molar-refractivity contribution in [3.8, 4) is 11.4 Å². The molecule has 29 heavy (non-hydrogen) atoms. The predicted molar refractivity (Wildman–Crippen MR) is 113 cm³/mol. The zero-order valence-electron chi connectivity index (χ0n) is 17.4. The van der Waals surface area contributed by atoms with Gasteiger partial charge in [-0.15, -0.1) is 0 Å². The quantitative estimate of drug-likeness (QED) is 0.701. The molecule has 2 unspecified atom stereocenters. The first-order valence-corrected chi connectivity index (χ1v) is 10.2. The van der Waals surface area contributed by atoms with Gasteiger partial charge in [-0.05, 0) is 27.2 Å². The Labute approximate surface area is 170 Å². The van der Waals surface area contributed by atoms with E-state index in [2.05, 4.69) is 52.1 Å². The second-order valence-electron chi connectivity index (χ2n) is 7.88. The fraction of sp³-hybridized carbons (Fsp3) is 0.550. The molecule has 3 aromatic rings. The summed E-state index contributed by atoms with van der Waals surface area (Å²) in [6.07, 6.45) is 7.38. The maximum Gasteiger partial charge on any atom is 0.228 e. The van der Waals surface area contributed by atoms with Crippen molar-refractivity contribution < 1.29 is 4.74 Å². The maximum absolute atomic E-state index is 6.09. The van der Waals surface area contributed by atoms with E-state index in [0.29, 0.717) is 28.7 Å². The van der Waals surface area contributed by atoms with Crippen LogP contribution in [0.3, 0.4) is 0 Å². The number of hydrogen-bond donors (Lipinski definition) is 1. The lowest BCUT2D eigenvalue weighted by atomic mass is 10.1. The van der Waals surface area contributed by atoms with Crippen molar-refractivity contribution in [3.05, 3.63) is 18.7 Å². The number of morpholine rings is 1. The molecule has 0 aromatic carbocycles. The number of nitrogens with zero attached hydrogens (tertiary/aromatic N) is 7. The molecule has 0 saturated carbocycles. The van der Waals surface area contributed by atoms with E-state index in [1.807, 2.05) is 6.33 Å². The summed E-state index contributed by atoms with van der Waals surface area (Å²) in [5.74, 6) is 1.04. The summed E-state index contributed by atoms with van der Waals surface area (Å²) in [5, 5.41) is 0. The molecule has 2 N–H and O–H groups in total. The van der Waals surface area contributed by atoms with E-state index in [-0.39, 0.29) is 18.2 Å². The van der Waals surface area contributed by atoms with Crippen LogP contribution in [0.1, 0.15) is 46.6 Å². The van der Waals surface area contributed by atoms with Gasteiger partial charge in [-0.1, -0.05) is 13.3 Å². The third-order valence-corrected chi connectivity index (χ3v) is 5.10. The third-order valence-electron chi connectivity index (χ3n) is 5.10. The number of fused-ring (bicyclic) bond motifs is 1. The molecule has 0 spiro atoms. The SMILES string of the molecule is CCCC1CN(c2nc(-c3cnc(N)cn3)c3ncn(C(C)C)c3n2)CC(C)O1. The van der Waals surface area contributed by atoms with Gasteiger partial charge in [0.25, 0.3) is 0 Å². The Morgan fingerprint density at radius 3 is 2.69 bits per heavy atom. The first-order chi connectivity index (χ1) is 14.0. The van der Waals surface area contributed by atoms with Crippen LogP contribution < -0.4 is 10.6 Å². The van der Waals surface area contributed by atoms with Gasteiger partial charge in [-0.2, -0.15) is 4.98 Å². The molecule has 0 bridgehead atoms. The van der Waals surface area contributed by atoms with E-state index in [9.17, 15) is 0 Å². The van der Waals surface area contributed by atoms with E-state index in [0.717, 1.165) is 31.6 Å². The standard InChI is InChI=1S/C20H28N8O/c1-5-6-14-10-27(9-13(4)29-14)20-25-17(15-7-23-16(21)8-22-15)18-19(26-20)28(11-24-18)12(2)3/h7-8,11-14H,5-6,9-10H2,1-4H3,(H2,21,23). The molecule has 1 saturated heterocycles. The summed E-state index contributed by atoms with van der Waals surface area (Å²) in [6, 6.07) is 0.226. The Morgan fingerprint density at radius 2 is 2.00 bits per heavy atom. The molecule has 0 amide bonds. The lowest BCUT2D eigenvalue weighted by Crippen LogP contribution is -2.47. The number of nitrogen functional groups attached to an aromatic ring is 1. The van der Waals surface area contributed by atoms with Gasteiger partial charge >= 0.3 is 0 Å². The average molecular weight is 396 g/mol. The fourth-order valence-corrected chi connectivity index (χ4v) is 3.75. The van der Waals surface area contributed by atoms with Gasteiger partial charge in [0.2, 0.25) is 5.95 Å². The second-order valence-corrected chi connectivity index (χ2v) is 7.88. The van der Waals surface area contributed by atoms with Crippen LogP contribution in [-0.4, -0.2) is 54.8 Å². The zero-order chi connectivity index (χ0) is 20.5. The average Bonchev–Trinajstić information content (AvgIpc) is 3.12. The molecule has 4 rings (SSSR count). The summed E-state index contributed by atoms with van der Waals surface area (Å²) >= 11 is 0. The van der Waals surface area contributed by atoms with Gasteiger partial charge in [0.15, 0.2) is 5.65 Å². The molecule has 1 aliphatic heterocycles. The molecule has 2 atom stereocenters. The summed E-state index contributed by atoms with van der Waals surface area (Å²) in [4.78, 5) is 25.2.